The Hall–Kier alpha value is -1.80. The molecule has 9 heteroatoms. The third kappa shape index (κ3) is 3.93. The lowest BCUT2D eigenvalue weighted by molar-refractivity contribution is -0.185. The van der Waals surface area contributed by atoms with E-state index in [1.165, 1.54) is 0 Å². The normalized spacial score (nSPS) is 16.6. The Morgan fingerprint density at radius 1 is 1.29 bits per heavy atom. The molecule has 1 rings (SSSR count). The second-order valence-electron chi connectivity index (χ2n) is 3.38. The quantitative estimate of drug-likeness (QED) is 0.678. The number of hydrogen-bond donors (Lipinski definition) is 2. The topological polar surface area (TPSA) is 82.0 Å². The number of nitrogens with one attached hydrogen (secondary N) is 1. The molecule has 0 unspecified atom stereocenters. The van der Waals surface area contributed by atoms with Crippen LogP contribution in [0.1, 0.15) is 12.8 Å². The highest BCUT2D eigenvalue weighted by atomic mass is 19.4. The summed E-state index contributed by atoms with van der Waals surface area (Å²) in [5, 5.41) is 11.7. The maximum absolute atomic E-state index is 12.1. The van der Waals surface area contributed by atoms with Gasteiger partial charge >= 0.3 is 18.2 Å². The minimum absolute atomic E-state index is 0.113. The Bertz CT molecular complexity index is 344. The molecule has 0 radical (unpaired) electrons. The third-order valence-corrected chi connectivity index (χ3v) is 2.18. The minimum atomic E-state index is -4.87. The molecule has 96 valence electrons. The van der Waals surface area contributed by atoms with E-state index in [9.17, 15) is 22.8 Å². The zero-order valence-corrected chi connectivity index (χ0v) is 8.62. The number of nitrogens with zero attached hydrogens (tertiary/aromatic N) is 2. The van der Waals surface area contributed by atoms with E-state index in [0.29, 0.717) is 10.6 Å². The number of alkyl halides is 3. The molecule has 2 amide bonds. The Kier molecular flexibility index (Phi) is 3.92. The van der Waals surface area contributed by atoms with E-state index in [4.69, 9.17) is 5.11 Å². The molecule has 0 spiro atoms. The van der Waals surface area contributed by atoms with Gasteiger partial charge in [0, 0.05) is 31.6 Å². The summed E-state index contributed by atoms with van der Waals surface area (Å²) in [5.74, 6) is -1.87. The van der Waals surface area contributed by atoms with Crippen molar-refractivity contribution in [1.29, 1.82) is 0 Å². The molecule has 1 aliphatic heterocycles. The standard InChI is InChI=1S/C8H10F3N3O3/c9-8(10,11)6(15)14-3-1-5(2-4-14)12-13-7(16)17/h13H,1-4H2,(H,16,17). The van der Waals surface area contributed by atoms with Gasteiger partial charge in [-0.1, -0.05) is 0 Å². The smallest absolute Gasteiger partial charge is 0.464 e. The zero-order chi connectivity index (χ0) is 13.1. The van der Waals surface area contributed by atoms with Crippen LogP contribution in [0.25, 0.3) is 0 Å². The highest BCUT2D eigenvalue weighted by Crippen LogP contribution is 2.20. The second kappa shape index (κ2) is 5.02. The number of likely N-dealkylation sites (tertiary alicyclic amines) is 1. The summed E-state index contributed by atoms with van der Waals surface area (Å²) in [4.78, 5) is 21.6. The van der Waals surface area contributed by atoms with Crippen LogP contribution in [0.5, 0.6) is 0 Å². The van der Waals surface area contributed by atoms with E-state index in [1.807, 2.05) is 0 Å². The van der Waals surface area contributed by atoms with Crippen molar-refractivity contribution in [3.05, 3.63) is 0 Å². The largest absolute Gasteiger partial charge is 0.471 e. The van der Waals surface area contributed by atoms with Crippen LogP contribution in [0.2, 0.25) is 0 Å². The molecule has 0 aliphatic carbocycles. The van der Waals surface area contributed by atoms with Crippen molar-refractivity contribution in [1.82, 2.24) is 10.3 Å². The average molecular weight is 253 g/mol. The van der Waals surface area contributed by atoms with Gasteiger partial charge in [-0.05, 0) is 0 Å². The van der Waals surface area contributed by atoms with Gasteiger partial charge in [0.15, 0.2) is 0 Å². The summed E-state index contributed by atoms with van der Waals surface area (Å²) in [6.45, 7) is -0.225. The zero-order valence-electron chi connectivity index (χ0n) is 8.62. The van der Waals surface area contributed by atoms with E-state index in [-0.39, 0.29) is 25.9 Å². The summed E-state index contributed by atoms with van der Waals surface area (Å²) < 4.78 is 36.2. The van der Waals surface area contributed by atoms with Gasteiger partial charge in [0.05, 0.1) is 0 Å². The summed E-state index contributed by atoms with van der Waals surface area (Å²) in [5.41, 5.74) is 2.20. The predicted octanol–water partition coefficient (Wildman–Crippen LogP) is 0.795. The molecule has 2 N–H and O–H groups in total. The van der Waals surface area contributed by atoms with Crippen molar-refractivity contribution < 1.29 is 27.9 Å². The van der Waals surface area contributed by atoms with E-state index in [2.05, 4.69) is 5.10 Å². The monoisotopic (exact) mass is 253 g/mol. The summed E-state index contributed by atoms with van der Waals surface area (Å²) >= 11 is 0. The Morgan fingerprint density at radius 3 is 2.24 bits per heavy atom. The van der Waals surface area contributed by atoms with Crippen molar-refractivity contribution in [2.45, 2.75) is 19.0 Å². The first-order chi connectivity index (χ1) is 7.80. The number of piperidine rings is 1. The SMILES string of the molecule is O=C(O)NN=C1CCN(C(=O)C(F)(F)F)CC1. The number of rotatable bonds is 1. The molecule has 0 aromatic heterocycles. The predicted molar refractivity (Wildman–Crippen MR) is 50.5 cm³/mol. The molecule has 17 heavy (non-hydrogen) atoms. The van der Waals surface area contributed by atoms with Crippen LogP contribution in [0.3, 0.4) is 0 Å². The number of hydrazone groups is 1. The van der Waals surface area contributed by atoms with Gasteiger partial charge in [-0.15, -0.1) is 0 Å². The van der Waals surface area contributed by atoms with Gasteiger partial charge in [-0.2, -0.15) is 18.3 Å². The summed E-state index contributed by atoms with van der Waals surface area (Å²) in [6.07, 6.45) is -5.95. The Morgan fingerprint density at radius 2 is 1.82 bits per heavy atom. The molecule has 0 aromatic carbocycles. The molecule has 0 saturated carbocycles. The van der Waals surface area contributed by atoms with Gasteiger partial charge in [0.25, 0.3) is 0 Å². The van der Waals surface area contributed by atoms with Crippen LogP contribution in [0.15, 0.2) is 5.10 Å². The van der Waals surface area contributed by atoms with Crippen LogP contribution < -0.4 is 5.43 Å². The second-order valence-corrected chi connectivity index (χ2v) is 3.38. The van der Waals surface area contributed by atoms with Crippen molar-refractivity contribution in [2.24, 2.45) is 5.10 Å². The van der Waals surface area contributed by atoms with Crippen molar-refractivity contribution >= 4 is 17.7 Å². The molecular formula is C8H10F3N3O3. The van der Waals surface area contributed by atoms with Crippen LogP contribution in [-0.2, 0) is 4.79 Å². The fourth-order valence-corrected chi connectivity index (χ4v) is 1.39. The minimum Gasteiger partial charge on any atom is -0.464 e. The molecule has 1 saturated heterocycles. The van der Waals surface area contributed by atoms with E-state index in [1.54, 1.807) is 5.43 Å². The van der Waals surface area contributed by atoms with Gasteiger partial charge in [-0.3, -0.25) is 4.79 Å². The fourth-order valence-electron chi connectivity index (χ4n) is 1.39. The first kappa shape index (κ1) is 13.3. The lowest BCUT2D eigenvalue weighted by Gasteiger charge is -2.28. The van der Waals surface area contributed by atoms with Crippen LogP contribution in [0, 0.1) is 0 Å². The number of carbonyl (C=O) groups is 2. The van der Waals surface area contributed by atoms with Gasteiger partial charge in [0.1, 0.15) is 0 Å². The molecule has 1 aliphatic rings. The van der Waals surface area contributed by atoms with E-state index < -0.39 is 18.2 Å². The van der Waals surface area contributed by atoms with Crippen LogP contribution in [0.4, 0.5) is 18.0 Å². The van der Waals surface area contributed by atoms with E-state index >= 15 is 0 Å². The number of carbonyl (C=O) groups excluding carboxylic acids is 1. The lowest BCUT2D eigenvalue weighted by atomic mass is 10.1. The molecule has 0 atom stereocenters. The number of carboxylic acid groups (broad SMARTS) is 1. The van der Waals surface area contributed by atoms with Crippen LogP contribution >= 0.6 is 0 Å². The van der Waals surface area contributed by atoms with Crippen molar-refractivity contribution in [3.8, 4) is 0 Å². The number of halogens is 3. The maximum atomic E-state index is 12.1. The Labute approximate surface area is 94.1 Å². The number of amides is 2. The first-order valence-corrected chi connectivity index (χ1v) is 4.71. The molecular weight excluding hydrogens is 243 g/mol. The molecule has 1 fully saturated rings. The van der Waals surface area contributed by atoms with E-state index in [0.717, 1.165) is 0 Å². The van der Waals surface area contributed by atoms with Crippen molar-refractivity contribution in [3.63, 3.8) is 0 Å². The lowest BCUT2D eigenvalue weighted by Crippen LogP contribution is -2.45. The molecule has 1 heterocycles. The molecule has 6 nitrogen and oxygen atoms in total. The van der Waals surface area contributed by atoms with Crippen molar-refractivity contribution in [2.75, 3.05) is 13.1 Å². The first-order valence-electron chi connectivity index (χ1n) is 4.71. The number of hydrogen-bond acceptors (Lipinski definition) is 3. The Balaban J connectivity index is 2.49. The van der Waals surface area contributed by atoms with Gasteiger partial charge < -0.3 is 10.0 Å². The highest BCUT2D eigenvalue weighted by Gasteiger charge is 2.42. The van der Waals surface area contributed by atoms with Gasteiger partial charge in [-0.25, -0.2) is 10.2 Å². The van der Waals surface area contributed by atoms with Crippen LogP contribution in [-0.4, -0.2) is 47.0 Å². The molecule has 0 aromatic rings. The summed E-state index contributed by atoms with van der Waals surface area (Å²) in [7, 11) is 0. The average Bonchev–Trinajstić information content (AvgIpc) is 2.25. The third-order valence-electron chi connectivity index (χ3n) is 2.18. The highest BCUT2D eigenvalue weighted by molar-refractivity contribution is 5.89. The molecule has 0 bridgehead atoms. The van der Waals surface area contributed by atoms with Gasteiger partial charge in [0.2, 0.25) is 0 Å². The maximum Gasteiger partial charge on any atom is 0.471 e. The summed E-state index contributed by atoms with van der Waals surface area (Å²) in [6, 6.07) is 0. The fraction of sp³-hybridized carbons (Fsp3) is 0.625.